The molecule has 3 aliphatic rings. The second kappa shape index (κ2) is 6.25. The molecule has 1 amide bonds. The molecule has 2 unspecified atom stereocenters. The first-order chi connectivity index (χ1) is 12.3. The fourth-order valence-electron chi connectivity index (χ4n) is 4.63. The smallest absolute Gasteiger partial charge is 0.253 e. The molecule has 3 fully saturated rings. The third-order valence-corrected chi connectivity index (χ3v) is 7.03. The standard InChI is InChI=1S/C19H24N4OS/c24-19(22-13-3-1-2-4-13)12-7-17-16(21-9-12)8-18(25-17)23-14-5-6-15(23)11-20-10-14/h7-9,13-15,20H,1-6,10-11H2,(H,22,24). The minimum absolute atomic E-state index is 0.0264. The Kier molecular flexibility index (Phi) is 3.90. The van der Waals surface area contributed by atoms with Crippen LogP contribution in [0.5, 0.6) is 0 Å². The highest BCUT2D eigenvalue weighted by Crippen LogP contribution is 2.39. The molecule has 2 atom stereocenters. The fraction of sp³-hybridized carbons (Fsp3) is 0.579. The number of hydrogen-bond acceptors (Lipinski definition) is 5. The summed E-state index contributed by atoms with van der Waals surface area (Å²) in [6.07, 6.45) is 8.94. The number of carbonyl (C=O) groups is 1. The molecule has 2 N–H and O–H groups in total. The molecule has 4 heterocycles. The Morgan fingerprint density at radius 3 is 2.68 bits per heavy atom. The summed E-state index contributed by atoms with van der Waals surface area (Å²) in [6, 6.07) is 5.78. The lowest BCUT2D eigenvalue weighted by atomic mass is 10.2. The van der Waals surface area contributed by atoms with Crippen molar-refractivity contribution in [2.24, 2.45) is 0 Å². The number of aromatic nitrogens is 1. The Balaban J connectivity index is 1.40. The van der Waals surface area contributed by atoms with Gasteiger partial charge >= 0.3 is 0 Å². The molecule has 2 aliphatic heterocycles. The summed E-state index contributed by atoms with van der Waals surface area (Å²) in [4.78, 5) is 19.7. The Hall–Kier alpha value is -1.66. The van der Waals surface area contributed by atoms with Gasteiger partial charge < -0.3 is 15.5 Å². The van der Waals surface area contributed by atoms with Gasteiger partial charge in [0.05, 0.1) is 20.8 Å². The van der Waals surface area contributed by atoms with Gasteiger partial charge in [0.2, 0.25) is 0 Å². The predicted octanol–water partition coefficient (Wildman–Crippen LogP) is 2.91. The van der Waals surface area contributed by atoms with Crippen LogP contribution in [0.4, 0.5) is 5.00 Å². The molecule has 0 radical (unpaired) electrons. The summed E-state index contributed by atoms with van der Waals surface area (Å²) in [5.41, 5.74) is 1.70. The van der Waals surface area contributed by atoms with E-state index in [0.717, 1.165) is 36.1 Å². The van der Waals surface area contributed by atoms with E-state index in [1.807, 2.05) is 6.07 Å². The van der Waals surface area contributed by atoms with Crippen molar-refractivity contribution in [3.63, 3.8) is 0 Å². The van der Waals surface area contributed by atoms with Gasteiger partial charge in [-0.05, 0) is 37.8 Å². The first-order valence-electron chi connectivity index (χ1n) is 9.47. The number of fused-ring (bicyclic) bond motifs is 3. The molecule has 25 heavy (non-hydrogen) atoms. The second-order valence-electron chi connectivity index (χ2n) is 7.60. The van der Waals surface area contributed by atoms with Crippen molar-refractivity contribution in [2.75, 3.05) is 18.0 Å². The first-order valence-corrected chi connectivity index (χ1v) is 10.3. The highest BCUT2D eigenvalue weighted by molar-refractivity contribution is 7.22. The molecule has 6 heteroatoms. The number of pyridine rings is 1. The van der Waals surface area contributed by atoms with Crippen molar-refractivity contribution in [1.82, 2.24) is 15.6 Å². The molecule has 5 nitrogen and oxygen atoms in total. The van der Waals surface area contributed by atoms with Crippen molar-refractivity contribution >= 4 is 32.5 Å². The molecule has 1 saturated carbocycles. The minimum Gasteiger partial charge on any atom is -0.355 e. The van der Waals surface area contributed by atoms with Gasteiger partial charge in [-0.1, -0.05) is 12.8 Å². The van der Waals surface area contributed by atoms with Crippen molar-refractivity contribution in [3.8, 4) is 0 Å². The monoisotopic (exact) mass is 356 g/mol. The number of piperazine rings is 1. The van der Waals surface area contributed by atoms with Gasteiger partial charge in [-0.3, -0.25) is 9.78 Å². The third kappa shape index (κ3) is 2.81. The van der Waals surface area contributed by atoms with Crippen molar-refractivity contribution in [3.05, 3.63) is 23.9 Å². The van der Waals surface area contributed by atoms with Crippen LogP contribution in [0.15, 0.2) is 18.3 Å². The number of rotatable bonds is 3. The third-order valence-electron chi connectivity index (χ3n) is 5.94. The van der Waals surface area contributed by atoms with Crippen LogP contribution in [-0.4, -0.2) is 42.1 Å². The van der Waals surface area contributed by atoms with Gasteiger partial charge in [-0.2, -0.15) is 0 Å². The summed E-state index contributed by atoms with van der Waals surface area (Å²) in [7, 11) is 0. The van der Waals surface area contributed by atoms with Gasteiger partial charge in [0.1, 0.15) is 0 Å². The zero-order valence-electron chi connectivity index (χ0n) is 14.3. The highest BCUT2D eigenvalue weighted by atomic mass is 32.1. The summed E-state index contributed by atoms with van der Waals surface area (Å²) >= 11 is 1.78. The van der Waals surface area contributed by atoms with Crippen LogP contribution in [0.1, 0.15) is 48.9 Å². The van der Waals surface area contributed by atoms with E-state index in [1.54, 1.807) is 17.5 Å². The minimum atomic E-state index is 0.0264. The summed E-state index contributed by atoms with van der Waals surface area (Å²) < 4.78 is 1.12. The first kappa shape index (κ1) is 15.6. The zero-order chi connectivity index (χ0) is 16.8. The van der Waals surface area contributed by atoms with Crippen LogP contribution in [0.25, 0.3) is 10.2 Å². The Labute approximate surface area is 151 Å². The SMILES string of the molecule is O=C(NC1CCCC1)c1cnc2cc(N3C4CCC3CNC4)sc2c1. The van der Waals surface area contributed by atoms with E-state index < -0.39 is 0 Å². The molecule has 1 aliphatic carbocycles. The van der Waals surface area contributed by atoms with Crippen LogP contribution < -0.4 is 15.5 Å². The summed E-state index contributed by atoms with van der Waals surface area (Å²) in [5, 5.41) is 8.00. The van der Waals surface area contributed by atoms with Crippen molar-refractivity contribution < 1.29 is 4.79 Å². The van der Waals surface area contributed by atoms with Crippen molar-refractivity contribution in [1.29, 1.82) is 0 Å². The second-order valence-corrected chi connectivity index (χ2v) is 8.66. The number of thiophene rings is 1. The lowest BCUT2D eigenvalue weighted by Gasteiger charge is -2.36. The molecular weight excluding hydrogens is 332 g/mol. The maximum Gasteiger partial charge on any atom is 0.253 e. The fourth-order valence-corrected chi connectivity index (χ4v) is 5.83. The number of carbonyl (C=O) groups excluding carboxylic acids is 1. The summed E-state index contributed by atoms with van der Waals surface area (Å²) in [5.74, 6) is 0.0264. The molecule has 132 valence electrons. The number of anilines is 1. The maximum absolute atomic E-state index is 12.5. The van der Waals surface area contributed by atoms with Gasteiger partial charge in [-0.25, -0.2) is 0 Å². The molecule has 5 rings (SSSR count). The van der Waals surface area contributed by atoms with E-state index >= 15 is 0 Å². The van der Waals surface area contributed by atoms with E-state index in [-0.39, 0.29) is 5.91 Å². The number of nitrogens with zero attached hydrogens (tertiary/aromatic N) is 2. The van der Waals surface area contributed by atoms with E-state index in [2.05, 4.69) is 26.6 Å². The lowest BCUT2D eigenvalue weighted by Crippen LogP contribution is -2.51. The molecule has 0 aromatic carbocycles. The number of hydrogen-bond donors (Lipinski definition) is 2. The highest BCUT2D eigenvalue weighted by Gasteiger charge is 2.37. The molecule has 0 spiro atoms. The number of amides is 1. The van der Waals surface area contributed by atoms with Crippen LogP contribution in [0.2, 0.25) is 0 Å². The largest absolute Gasteiger partial charge is 0.355 e. The van der Waals surface area contributed by atoms with Crippen molar-refractivity contribution in [2.45, 2.75) is 56.7 Å². The average molecular weight is 356 g/mol. The Morgan fingerprint density at radius 1 is 1.16 bits per heavy atom. The van der Waals surface area contributed by atoms with Crippen LogP contribution >= 0.6 is 11.3 Å². The quantitative estimate of drug-likeness (QED) is 0.888. The number of nitrogens with one attached hydrogen (secondary N) is 2. The van der Waals surface area contributed by atoms with Crippen LogP contribution in [-0.2, 0) is 0 Å². The maximum atomic E-state index is 12.5. The van der Waals surface area contributed by atoms with Gasteiger partial charge in [-0.15, -0.1) is 11.3 Å². The molecule has 2 aromatic rings. The zero-order valence-corrected chi connectivity index (χ0v) is 15.1. The normalized spacial score (nSPS) is 26.5. The predicted molar refractivity (Wildman–Crippen MR) is 102 cm³/mol. The Bertz CT molecular complexity index is 782. The Morgan fingerprint density at radius 2 is 1.92 bits per heavy atom. The van der Waals surface area contributed by atoms with E-state index in [4.69, 9.17) is 0 Å². The van der Waals surface area contributed by atoms with E-state index in [0.29, 0.717) is 23.7 Å². The van der Waals surface area contributed by atoms with Gasteiger partial charge in [0, 0.05) is 37.4 Å². The topological polar surface area (TPSA) is 57.3 Å². The van der Waals surface area contributed by atoms with Gasteiger partial charge in [0.15, 0.2) is 0 Å². The molecule has 2 aromatic heterocycles. The molecule has 2 saturated heterocycles. The lowest BCUT2D eigenvalue weighted by molar-refractivity contribution is 0.0937. The molecular formula is C19H24N4OS. The van der Waals surface area contributed by atoms with E-state index in [1.165, 1.54) is 30.7 Å². The van der Waals surface area contributed by atoms with Crippen LogP contribution in [0.3, 0.4) is 0 Å². The van der Waals surface area contributed by atoms with Gasteiger partial charge in [0.25, 0.3) is 5.91 Å². The molecule has 2 bridgehead atoms. The average Bonchev–Trinajstić information content (AvgIpc) is 3.32. The van der Waals surface area contributed by atoms with E-state index in [9.17, 15) is 4.79 Å². The van der Waals surface area contributed by atoms with Crippen LogP contribution in [0, 0.1) is 0 Å². The summed E-state index contributed by atoms with van der Waals surface area (Å²) in [6.45, 7) is 2.15.